The van der Waals surface area contributed by atoms with Gasteiger partial charge in [-0.2, -0.15) is 0 Å². The van der Waals surface area contributed by atoms with E-state index in [1.54, 1.807) is 13.8 Å². The molecule has 16 heavy (non-hydrogen) atoms. The van der Waals surface area contributed by atoms with Crippen molar-refractivity contribution >= 4 is 11.6 Å². The Hall–Kier alpha value is -0.740. The molecule has 94 valence electrons. The van der Waals surface area contributed by atoms with E-state index in [1.807, 2.05) is 13.8 Å². The van der Waals surface area contributed by atoms with Crippen molar-refractivity contribution in [3.63, 3.8) is 0 Å². The molecular weight excluding hydrogens is 208 g/mol. The van der Waals surface area contributed by atoms with Crippen LogP contribution >= 0.6 is 0 Å². The molecule has 2 unspecified atom stereocenters. The fourth-order valence-electron chi connectivity index (χ4n) is 1.25. The van der Waals surface area contributed by atoms with Crippen molar-refractivity contribution in [3.05, 3.63) is 0 Å². The van der Waals surface area contributed by atoms with Crippen molar-refractivity contribution < 1.29 is 19.8 Å². The predicted molar refractivity (Wildman–Crippen MR) is 60.9 cm³/mol. The van der Waals surface area contributed by atoms with Crippen LogP contribution in [0, 0.1) is 11.8 Å². The van der Waals surface area contributed by atoms with Crippen molar-refractivity contribution in [2.24, 2.45) is 11.8 Å². The molecule has 0 saturated carbocycles. The summed E-state index contributed by atoms with van der Waals surface area (Å²) in [6, 6.07) is 0. The molecule has 0 aromatic heterocycles. The highest BCUT2D eigenvalue weighted by molar-refractivity contribution is 5.93. The van der Waals surface area contributed by atoms with Gasteiger partial charge in [-0.15, -0.1) is 0 Å². The summed E-state index contributed by atoms with van der Waals surface area (Å²) in [6.07, 6.45) is -2.31. The van der Waals surface area contributed by atoms with Gasteiger partial charge in [0.05, 0.1) is 0 Å². The number of Topliss-reactive ketones (excluding diaryl/α,β-unsaturated/α-hetero) is 2. The highest BCUT2D eigenvalue weighted by Gasteiger charge is 2.30. The number of hydrogen-bond donors (Lipinski definition) is 2. The average molecular weight is 230 g/mol. The molecule has 0 heterocycles. The summed E-state index contributed by atoms with van der Waals surface area (Å²) in [5, 5.41) is 19.0. The minimum absolute atomic E-state index is 0.196. The molecule has 0 aliphatic rings. The average Bonchev–Trinajstić information content (AvgIpc) is 2.22. The Morgan fingerprint density at radius 1 is 1.00 bits per heavy atom. The van der Waals surface area contributed by atoms with E-state index in [0.717, 1.165) is 0 Å². The van der Waals surface area contributed by atoms with Crippen molar-refractivity contribution in [3.8, 4) is 0 Å². The minimum atomic E-state index is -1.58. The number of rotatable bonds is 7. The third-order valence-electron chi connectivity index (χ3n) is 2.46. The maximum Gasteiger partial charge on any atom is 0.166 e. The molecule has 0 spiro atoms. The van der Waals surface area contributed by atoms with Gasteiger partial charge in [0.15, 0.2) is 11.6 Å². The van der Waals surface area contributed by atoms with Gasteiger partial charge < -0.3 is 10.2 Å². The first kappa shape index (κ1) is 15.3. The highest BCUT2D eigenvalue weighted by Crippen LogP contribution is 2.10. The Kier molecular flexibility index (Phi) is 6.45. The van der Waals surface area contributed by atoms with Gasteiger partial charge in [0.25, 0.3) is 0 Å². The quantitative estimate of drug-likeness (QED) is 0.682. The normalized spacial score (nSPS) is 15.2. The summed E-state index contributed by atoms with van der Waals surface area (Å²) in [6.45, 7) is 7.18. The van der Waals surface area contributed by atoms with E-state index in [1.165, 1.54) is 0 Å². The lowest BCUT2D eigenvalue weighted by Crippen LogP contribution is -2.41. The summed E-state index contributed by atoms with van der Waals surface area (Å²) in [5.74, 6) is -0.989. The number of aliphatic hydroxyl groups excluding tert-OH is 2. The predicted octanol–water partition coefficient (Wildman–Crippen LogP) is 0.939. The van der Waals surface area contributed by atoms with Crippen molar-refractivity contribution in [1.82, 2.24) is 0 Å². The Morgan fingerprint density at radius 2 is 1.50 bits per heavy atom. The van der Waals surface area contributed by atoms with Crippen LogP contribution in [0.5, 0.6) is 0 Å². The van der Waals surface area contributed by atoms with Gasteiger partial charge in [-0.1, -0.05) is 27.7 Å². The Bertz CT molecular complexity index is 245. The van der Waals surface area contributed by atoms with Crippen LogP contribution in [0.4, 0.5) is 0 Å². The number of carbonyl (C=O) groups excluding carboxylic acids is 2. The van der Waals surface area contributed by atoms with Crippen LogP contribution in [0.25, 0.3) is 0 Å². The van der Waals surface area contributed by atoms with Crippen LogP contribution < -0.4 is 0 Å². The van der Waals surface area contributed by atoms with Crippen LogP contribution in [0.2, 0.25) is 0 Å². The molecule has 0 aliphatic heterocycles. The molecule has 0 fully saturated rings. The second-order valence-corrected chi connectivity index (χ2v) is 4.85. The first-order valence-corrected chi connectivity index (χ1v) is 5.70. The summed E-state index contributed by atoms with van der Waals surface area (Å²) in [5.41, 5.74) is 0. The lowest BCUT2D eigenvalue weighted by molar-refractivity contribution is -0.145. The van der Waals surface area contributed by atoms with Crippen LogP contribution in [0.15, 0.2) is 0 Å². The molecule has 0 aromatic carbocycles. The molecule has 0 bridgehead atoms. The lowest BCUT2D eigenvalue weighted by atomic mass is 9.95. The van der Waals surface area contributed by atoms with Crippen LogP contribution in [0.3, 0.4) is 0 Å². The van der Waals surface area contributed by atoms with Crippen LogP contribution in [-0.2, 0) is 9.59 Å². The zero-order valence-electron chi connectivity index (χ0n) is 10.4. The minimum Gasteiger partial charge on any atom is -0.382 e. The van der Waals surface area contributed by atoms with E-state index >= 15 is 0 Å². The Labute approximate surface area is 96.7 Å². The van der Waals surface area contributed by atoms with E-state index in [2.05, 4.69) is 0 Å². The molecule has 0 aromatic rings. The zero-order chi connectivity index (χ0) is 12.9. The van der Waals surface area contributed by atoms with Gasteiger partial charge in [0.2, 0.25) is 0 Å². The molecular formula is C12H22O4. The maximum atomic E-state index is 11.5. The lowest BCUT2D eigenvalue weighted by Gasteiger charge is -2.17. The Morgan fingerprint density at radius 3 is 1.88 bits per heavy atom. The van der Waals surface area contributed by atoms with Gasteiger partial charge in [0.1, 0.15) is 12.2 Å². The third-order valence-corrected chi connectivity index (χ3v) is 2.46. The number of ketones is 2. The van der Waals surface area contributed by atoms with E-state index in [4.69, 9.17) is 0 Å². The molecule has 4 heteroatoms. The molecule has 2 atom stereocenters. The second kappa shape index (κ2) is 6.76. The molecule has 0 amide bonds. The Balaban J connectivity index is 4.27. The van der Waals surface area contributed by atoms with Crippen molar-refractivity contribution in [2.75, 3.05) is 0 Å². The molecule has 0 rings (SSSR count). The molecule has 0 aliphatic carbocycles. The largest absolute Gasteiger partial charge is 0.382 e. The van der Waals surface area contributed by atoms with Crippen molar-refractivity contribution in [2.45, 2.75) is 52.7 Å². The zero-order valence-corrected chi connectivity index (χ0v) is 10.4. The molecule has 0 saturated heterocycles. The molecule has 2 N–H and O–H groups in total. The van der Waals surface area contributed by atoms with E-state index in [0.29, 0.717) is 12.3 Å². The van der Waals surface area contributed by atoms with E-state index in [9.17, 15) is 19.8 Å². The van der Waals surface area contributed by atoms with E-state index < -0.39 is 23.8 Å². The summed E-state index contributed by atoms with van der Waals surface area (Å²) in [7, 11) is 0. The molecule has 4 nitrogen and oxygen atoms in total. The van der Waals surface area contributed by atoms with Gasteiger partial charge in [-0.05, 0) is 12.3 Å². The standard InChI is InChI=1S/C12H22O4/c1-7(2)5-6-9(13)11(15)12(16)10(14)8(3)4/h7-8,11-12,15-16H,5-6H2,1-4H3. The number of hydrogen-bond acceptors (Lipinski definition) is 4. The first-order chi connectivity index (χ1) is 7.27. The van der Waals surface area contributed by atoms with Gasteiger partial charge in [-0.3, -0.25) is 9.59 Å². The van der Waals surface area contributed by atoms with Gasteiger partial charge in [-0.25, -0.2) is 0 Å². The summed E-state index contributed by atoms with van der Waals surface area (Å²) in [4.78, 5) is 22.8. The fraction of sp³-hybridized carbons (Fsp3) is 0.833. The maximum absolute atomic E-state index is 11.5. The fourth-order valence-corrected chi connectivity index (χ4v) is 1.25. The van der Waals surface area contributed by atoms with Crippen LogP contribution in [0.1, 0.15) is 40.5 Å². The van der Waals surface area contributed by atoms with Crippen LogP contribution in [-0.4, -0.2) is 34.0 Å². The monoisotopic (exact) mass is 230 g/mol. The topological polar surface area (TPSA) is 74.6 Å². The number of carbonyl (C=O) groups is 2. The third kappa shape index (κ3) is 4.86. The SMILES string of the molecule is CC(C)CCC(=O)C(O)C(O)C(=O)C(C)C. The number of aliphatic hydroxyl groups is 2. The van der Waals surface area contributed by atoms with Crippen molar-refractivity contribution in [1.29, 1.82) is 0 Å². The van der Waals surface area contributed by atoms with Gasteiger partial charge in [0, 0.05) is 12.3 Å². The van der Waals surface area contributed by atoms with E-state index in [-0.39, 0.29) is 12.3 Å². The summed E-state index contributed by atoms with van der Waals surface area (Å²) >= 11 is 0. The highest BCUT2D eigenvalue weighted by atomic mass is 16.3. The van der Waals surface area contributed by atoms with Gasteiger partial charge >= 0.3 is 0 Å². The second-order valence-electron chi connectivity index (χ2n) is 4.85. The summed E-state index contributed by atoms with van der Waals surface area (Å²) < 4.78 is 0. The smallest absolute Gasteiger partial charge is 0.166 e. The molecule has 0 radical (unpaired) electrons. The first-order valence-electron chi connectivity index (χ1n) is 5.70.